The van der Waals surface area contributed by atoms with E-state index in [9.17, 15) is 9.59 Å². The summed E-state index contributed by atoms with van der Waals surface area (Å²) in [5.74, 6) is -1.08. The molecule has 6 atom stereocenters. The maximum Gasteiger partial charge on any atom is 0.335 e. The highest BCUT2D eigenvalue weighted by Gasteiger charge is 2.49. The van der Waals surface area contributed by atoms with Crippen LogP contribution in [0.2, 0.25) is 0 Å². The fraction of sp³-hybridized carbons (Fsp3) is 0.867. The van der Waals surface area contributed by atoms with Gasteiger partial charge in [0, 0.05) is 18.4 Å². The summed E-state index contributed by atoms with van der Waals surface area (Å²) in [6.45, 7) is 3.62. The Morgan fingerprint density at radius 1 is 1.38 bits per heavy atom. The molecule has 0 spiro atoms. The topological polar surface area (TPSA) is 138 Å². The lowest BCUT2D eigenvalue weighted by Crippen LogP contribution is -2.60. The number of hydrogen-bond acceptors (Lipinski definition) is 9. The Balaban J connectivity index is 2.26. The molecule has 26 heavy (non-hydrogen) atoms. The third-order valence-corrected chi connectivity index (χ3v) is 4.01. The minimum Gasteiger partial charge on any atom is -0.464 e. The lowest BCUT2D eigenvalue weighted by molar-refractivity contribution is -0.293. The van der Waals surface area contributed by atoms with Crippen LogP contribution in [0.4, 0.5) is 0 Å². The van der Waals surface area contributed by atoms with Crippen LogP contribution in [-0.4, -0.2) is 75.6 Å². The predicted octanol–water partition coefficient (Wildman–Crippen LogP) is 0.706. The zero-order chi connectivity index (χ0) is 19.1. The standard InChI is InChI=1S/C15H23N3O8/c1-4-22-15(20)10-5-9(19)12(17-18-16)14(26-10)13-11(24-7-21-3)6-23-8(2)25-13/h8,10-14H,4-7H2,1-3H3/t8?,10-,11?,12+,13?,14?/m0/s1. The summed E-state index contributed by atoms with van der Waals surface area (Å²) in [7, 11) is 1.46. The average molecular weight is 373 g/mol. The first-order chi connectivity index (χ1) is 12.5. The second kappa shape index (κ2) is 9.81. The molecule has 0 aromatic heterocycles. The number of rotatable bonds is 7. The summed E-state index contributed by atoms with van der Waals surface area (Å²) in [6, 6.07) is -1.14. The Bertz CT molecular complexity index is 551. The van der Waals surface area contributed by atoms with E-state index in [-0.39, 0.29) is 26.4 Å². The molecular weight excluding hydrogens is 350 g/mol. The monoisotopic (exact) mass is 373 g/mol. The van der Waals surface area contributed by atoms with Crippen molar-refractivity contribution in [1.29, 1.82) is 0 Å². The van der Waals surface area contributed by atoms with Crippen LogP contribution < -0.4 is 0 Å². The first-order valence-corrected chi connectivity index (χ1v) is 8.28. The van der Waals surface area contributed by atoms with Gasteiger partial charge in [0.2, 0.25) is 0 Å². The van der Waals surface area contributed by atoms with E-state index in [0.717, 1.165) is 0 Å². The molecule has 4 unspecified atom stereocenters. The normalized spacial score (nSPS) is 34.8. The van der Waals surface area contributed by atoms with Crippen molar-refractivity contribution in [3.8, 4) is 0 Å². The van der Waals surface area contributed by atoms with E-state index in [0.29, 0.717) is 0 Å². The zero-order valence-electron chi connectivity index (χ0n) is 14.9. The molecule has 0 aromatic rings. The predicted molar refractivity (Wildman–Crippen MR) is 84.9 cm³/mol. The summed E-state index contributed by atoms with van der Waals surface area (Å²) in [5, 5.41) is 3.55. The van der Waals surface area contributed by atoms with Crippen molar-refractivity contribution < 1.29 is 38.0 Å². The Labute approximate surface area is 150 Å². The number of carbonyl (C=O) groups is 2. The molecule has 0 radical (unpaired) electrons. The van der Waals surface area contributed by atoms with Gasteiger partial charge in [-0.1, -0.05) is 5.11 Å². The third kappa shape index (κ3) is 4.91. The van der Waals surface area contributed by atoms with E-state index in [4.69, 9.17) is 34.0 Å². The lowest BCUT2D eigenvalue weighted by Gasteiger charge is -2.43. The van der Waals surface area contributed by atoms with Crippen molar-refractivity contribution in [2.45, 2.75) is 57.0 Å². The smallest absolute Gasteiger partial charge is 0.335 e. The van der Waals surface area contributed by atoms with Gasteiger partial charge < -0.3 is 28.4 Å². The molecule has 2 rings (SSSR count). The second-order valence-corrected chi connectivity index (χ2v) is 5.77. The Morgan fingerprint density at radius 2 is 2.15 bits per heavy atom. The number of ether oxygens (including phenoxy) is 6. The van der Waals surface area contributed by atoms with E-state index in [1.165, 1.54) is 7.11 Å². The average Bonchev–Trinajstić information content (AvgIpc) is 2.62. The first-order valence-electron chi connectivity index (χ1n) is 8.28. The molecular formula is C15H23N3O8. The number of nitrogens with zero attached hydrogens (tertiary/aromatic N) is 3. The number of esters is 1. The first kappa shape index (κ1) is 20.6. The van der Waals surface area contributed by atoms with Crippen molar-refractivity contribution in [2.75, 3.05) is 27.1 Å². The number of ketones is 1. The maximum atomic E-state index is 12.5. The molecule has 0 amide bonds. The van der Waals surface area contributed by atoms with Crippen molar-refractivity contribution in [3.63, 3.8) is 0 Å². The van der Waals surface area contributed by atoms with Crippen LogP contribution >= 0.6 is 0 Å². The second-order valence-electron chi connectivity index (χ2n) is 5.77. The van der Waals surface area contributed by atoms with E-state index in [1.807, 2.05) is 0 Å². The fourth-order valence-corrected chi connectivity index (χ4v) is 2.88. The van der Waals surface area contributed by atoms with Crippen LogP contribution in [0.25, 0.3) is 10.4 Å². The van der Waals surface area contributed by atoms with Crippen LogP contribution in [0.1, 0.15) is 20.3 Å². The largest absolute Gasteiger partial charge is 0.464 e. The van der Waals surface area contributed by atoms with Crippen LogP contribution in [0.15, 0.2) is 5.11 Å². The Kier molecular flexibility index (Phi) is 7.76. The molecule has 2 fully saturated rings. The van der Waals surface area contributed by atoms with Gasteiger partial charge in [-0.3, -0.25) is 4.79 Å². The third-order valence-electron chi connectivity index (χ3n) is 4.01. The van der Waals surface area contributed by atoms with Crippen LogP contribution in [0.3, 0.4) is 0 Å². The van der Waals surface area contributed by atoms with Gasteiger partial charge in [0.05, 0.1) is 13.2 Å². The van der Waals surface area contributed by atoms with Gasteiger partial charge in [0.1, 0.15) is 36.9 Å². The number of azide groups is 1. The van der Waals surface area contributed by atoms with Gasteiger partial charge in [0.15, 0.2) is 12.4 Å². The van der Waals surface area contributed by atoms with Crippen LogP contribution in [-0.2, 0) is 38.0 Å². The van der Waals surface area contributed by atoms with Gasteiger partial charge in [0.25, 0.3) is 0 Å². The molecule has 0 bridgehead atoms. The molecule has 0 saturated carbocycles. The Hall–Kier alpha value is -1.75. The van der Waals surface area contributed by atoms with Gasteiger partial charge in [-0.25, -0.2) is 4.79 Å². The number of methoxy groups -OCH3 is 1. The van der Waals surface area contributed by atoms with E-state index >= 15 is 0 Å². The van der Waals surface area contributed by atoms with E-state index in [2.05, 4.69) is 10.0 Å². The van der Waals surface area contributed by atoms with Gasteiger partial charge >= 0.3 is 5.97 Å². The van der Waals surface area contributed by atoms with E-state index < -0.39 is 48.5 Å². The number of hydrogen-bond donors (Lipinski definition) is 0. The zero-order valence-corrected chi connectivity index (χ0v) is 14.9. The molecule has 2 aliphatic rings. The highest BCUT2D eigenvalue weighted by atomic mass is 16.7. The summed E-state index contributed by atoms with van der Waals surface area (Å²) >= 11 is 0. The van der Waals surface area contributed by atoms with Gasteiger partial charge in [-0.05, 0) is 19.4 Å². The molecule has 11 nitrogen and oxygen atoms in total. The van der Waals surface area contributed by atoms with Crippen molar-refractivity contribution in [1.82, 2.24) is 0 Å². The molecule has 146 valence electrons. The minimum absolute atomic E-state index is 0.0313. The van der Waals surface area contributed by atoms with Gasteiger partial charge in [-0.15, -0.1) is 0 Å². The highest BCUT2D eigenvalue weighted by molar-refractivity contribution is 5.91. The Morgan fingerprint density at radius 3 is 2.81 bits per heavy atom. The quantitative estimate of drug-likeness (QED) is 0.209. The summed E-state index contributed by atoms with van der Waals surface area (Å²) < 4.78 is 32.3. The number of Topliss-reactive ketones (excluding diaryl/α,β-unsaturated/α-hetero) is 1. The van der Waals surface area contributed by atoms with Crippen molar-refractivity contribution >= 4 is 11.8 Å². The van der Waals surface area contributed by atoms with Gasteiger partial charge in [-0.2, -0.15) is 0 Å². The maximum absolute atomic E-state index is 12.5. The van der Waals surface area contributed by atoms with E-state index in [1.54, 1.807) is 13.8 Å². The molecule has 0 N–H and O–H groups in total. The molecule has 0 aliphatic carbocycles. The van der Waals surface area contributed by atoms with Crippen molar-refractivity contribution in [3.05, 3.63) is 10.4 Å². The molecule has 2 saturated heterocycles. The fourth-order valence-electron chi connectivity index (χ4n) is 2.88. The summed E-state index contributed by atoms with van der Waals surface area (Å²) in [4.78, 5) is 27.2. The highest BCUT2D eigenvalue weighted by Crippen LogP contribution is 2.30. The molecule has 2 aliphatic heterocycles. The lowest BCUT2D eigenvalue weighted by atomic mass is 9.91. The van der Waals surface area contributed by atoms with Crippen LogP contribution in [0, 0.1) is 0 Å². The van der Waals surface area contributed by atoms with Crippen LogP contribution in [0.5, 0.6) is 0 Å². The number of carbonyl (C=O) groups excluding carboxylic acids is 2. The summed E-state index contributed by atoms with van der Waals surface area (Å²) in [6.07, 6.45) is -4.37. The molecule has 11 heteroatoms. The molecule has 0 aromatic carbocycles. The van der Waals surface area contributed by atoms with Crippen molar-refractivity contribution in [2.24, 2.45) is 5.11 Å². The SMILES string of the molecule is CCOC(=O)[C@@H]1CC(=O)[C@@H](N=[N+]=[N-])C(C2OC(C)OCC2OCOC)O1. The summed E-state index contributed by atoms with van der Waals surface area (Å²) in [5.41, 5.74) is 8.81. The minimum atomic E-state index is -1.14. The molecule has 2 heterocycles.